The standard InChI is InChI=1S/C23H15F3N2/c24-20-12-11-19(22(25)23(20)26)21-15-18(13-14-27-21)28(16-7-3-1-4-8-16)17-9-5-2-6-10-17/h1-15H. The molecular weight excluding hydrogens is 361 g/mol. The zero-order valence-corrected chi connectivity index (χ0v) is 14.7. The number of benzene rings is 3. The summed E-state index contributed by atoms with van der Waals surface area (Å²) in [5.74, 6) is -3.99. The van der Waals surface area contributed by atoms with Crippen LogP contribution in [0.4, 0.5) is 30.2 Å². The van der Waals surface area contributed by atoms with E-state index in [2.05, 4.69) is 4.98 Å². The molecule has 0 radical (unpaired) electrons. The number of halogens is 3. The quantitative estimate of drug-likeness (QED) is 0.371. The predicted octanol–water partition coefficient (Wildman–Crippen LogP) is 6.64. The molecule has 28 heavy (non-hydrogen) atoms. The average Bonchev–Trinajstić information content (AvgIpc) is 2.74. The fourth-order valence-corrected chi connectivity index (χ4v) is 3.03. The van der Waals surface area contributed by atoms with Crippen LogP contribution in [0, 0.1) is 17.5 Å². The summed E-state index contributed by atoms with van der Waals surface area (Å²) in [7, 11) is 0. The molecule has 4 rings (SSSR count). The molecule has 2 nitrogen and oxygen atoms in total. The first-order valence-electron chi connectivity index (χ1n) is 8.65. The Bertz CT molecular complexity index is 1060. The van der Waals surface area contributed by atoms with Gasteiger partial charge in [0.25, 0.3) is 0 Å². The number of aromatic nitrogens is 1. The van der Waals surface area contributed by atoms with Crippen LogP contribution in [0.2, 0.25) is 0 Å². The lowest BCUT2D eigenvalue weighted by atomic mass is 10.1. The van der Waals surface area contributed by atoms with Gasteiger partial charge >= 0.3 is 0 Å². The van der Waals surface area contributed by atoms with Gasteiger partial charge in [0, 0.05) is 28.8 Å². The molecule has 0 fully saturated rings. The Kier molecular flexibility index (Phi) is 4.81. The maximum Gasteiger partial charge on any atom is 0.195 e. The molecule has 1 heterocycles. The van der Waals surface area contributed by atoms with Crippen LogP contribution in [0.25, 0.3) is 11.3 Å². The lowest BCUT2D eigenvalue weighted by molar-refractivity contribution is 0.449. The highest BCUT2D eigenvalue weighted by molar-refractivity contribution is 5.78. The average molecular weight is 376 g/mol. The molecule has 0 aliphatic rings. The molecule has 0 spiro atoms. The van der Waals surface area contributed by atoms with E-state index in [9.17, 15) is 13.2 Å². The molecular formula is C23H15F3N2. The van der Waals surface area contributed by atoms with Crippen LogP contribution in [0.3, 0.4) is 0 Å². The number of anilines is 3. The van der Waals surface area contributed by atoms with Crippen LogP contribution >= 0.6 is 0 Å². The van der Waals surface area contributed by atoms with Gasteiger partial charge in [0.1, 0.15) is 0 Å². The third-order valence-corrected chi connectivity index (χ3v) is 4.34. The number of para-hydroxylation sites is 2. The van der Waals surface area contributed by atoms with Crippen molar-refractivity contribution < 1.29 is 13.2 Å². The van der Waals surface area contributed by atoms with E-state index in [-0.39, 0.29) is 11.3 Å². The van der Waals surface area contributed by atoms with E-state index >= 15 is 0 Å². The minimum atomic E-state index is -1.51. The van der Waals surface area contributed by atoms with Crippen molar-refractivity contribution in [2.75, 3.05) is 4.90 Å². The Morgan fingerprint density at radius 2 is 1.21 bits per heavy atom. The van der Waals surface area contributed by atoms with E-state index < -0.39 is 17.5 Å². The summed E-state index contributed by atoms with van der Waals surface area (Å²) in [6.07, 6.45) is 1.52. The fraction of sp³-hybridized carbons (Fsp3) is 0. The third-order valence-electron chi connectivity index (χ3n) is 4.34. The molecule has 1 aromatic heterocycles. The van der Waals surface area contributed by atoms with E-state index in [0.29, 0.717) is 5.69 Å². The van der Waals surface area contributed by atoms with E-state index in [4.69, 9.17) is 0 Å². The van der Waals surface area contributed by atoms with E-state index in [1.54, 1.807) is 12.1 Å². The first kappa shape index (κ1) is 17.8. The van der Waals surface area contributed by atoms with E-state index in [1.807, 2.05) is 65.6 Å². The Labute approximate surface area is 160 Å². The van der Waals surface area contributed by atoms with Gasteiger partial charge in [0.05, 0.1) is 5.69 Å². The van der Waals surface area contributed by atoms with Crippen LogP contribution < -0.4 is 4.90 Å². The topological polar surface area (TPSA) is 16.1 Å². The first-order valence-corrected chi connectivity index (χ1v) is 8.65. The molecule has 0 N–H and O–H groups in total. The molecule has 0 aliphatic heterocycles. The second-order valence-corrected chi connectivity index (χ2v) is 6.13. The summed E-state index contributed by atoms with van der Waals surface area (Å²) in [6, 6.07) is 24.8. The highest BCUT2D eigenvalue weighted by Gasteiger charge is 2.18. The first-order chi connectivity index (χ1) is 13.6. The second kappa shape index (κ2) is 7.56. The van der Waals surface area contributed by atoms with Gasteiger partial charge in [-0.25, -0.2) is 13.2 Å². The summed E-state index contributed by atoms with van der Waals surface area (Å²) in [4.78, 5) is 6.13. The molecule has 5 heteroatoms. The zero-order chi connectivity index (χ0) is 19.5. The molecule has 3 aromatic carbocycles. The van der Waals surface area contributed by atoms with E-state index in [0.717, 1.165) is 17.4 Å². The summed E-state index contributed by atoms with van der Waals surface area (Å²) < 4.78 is 41.2. The molecule has 0 saturated carbocycles. The molecule has 0 amide bonds. The molecule has 138 valence electrons. The minimum absolute atomic E-state index is 0.0955. The van der Waals surface area contributed by atoms with Crippen molar-refractivity contribution in [2.24, 2.45) is 0 Å². The van der Waals surface area contributed by atoms with Crippen molar-refractivity contribution >= 4 is 17.1 Å². The molecule has 0 saturated heterocycles. The third kappa shape index (κ3) is 3.34. The fourth-order valence-electron chi connectivity index (χ4n) is 3.03. The second-order valence-electron chi connectivity index (χ2n) is 6.13. The highest BCUT2D eigenvalue weighted by Crippen LogP contribution is 2.36. The normalized spacial score (nSPS) is 10.7. The SMILES string of the molecule is Fc1ccc(-c2cc(N(c3ccccc3)c3ccccc3)ccn2)c(F)c1F. The van der Waals surface area contributed by atoms with Gasteiger partial charge in [-0.05, 0) is 48.5 Å². The van der Waals surface area contributed by atoms with Gasteiger partial charge in [0.15, 0.2) is 17.5 Å². The van der Waals surface area contributed by atoms with Gasteiger partial charge in [-0.3, -0.25) is 4.98 Å². The monoisotopic (exact) mass is 376 g/mol. The molecule has 0 bridgehead atoms. The maximum absolute atomic E-state index is 14.3. The van der Waals surface area contributed by atoms with Crippen LogP contribution in [-0.4, -0.2) is 4.98 Å². The van der Waals surface area contributed by atoms with Crippen molar-refractivity contribution in [2.45, 2.75) is 0 Å². The van der Waals surface area contributed by atoms with Gasteiger partial charge in [-0.2, -0.15) is 0 Å². The summed E-state index contributed by atoms with van der Waals surface area (Å²) in [5, 5.41) is 0. The van der Waals surface area contributed by atoms with Gasteiger partial charge in [-0.15, -0.1) is 0 Å². The van der Waals surface area contributed by atoms with Crippen LogP contribution in [-0.2, 0) is 0 Å². The largest absolute Gasteiger partial charge is 0.310 e. The smallest absolute Gasteiger partial charge is 0.195 e. The van der Waals surface area contributed by atoms with Crippen molar-refractivity contribution in [1.82, 2.24) is 4.98 Å². The molecule has 0 unspecified atom stereocenters. The lowest BCUT2D eigenvalue weighted by Gasteiger charge is -2.25. The van der Waals surface area contributed by atoms with Crippen LogP contribution in [0.5, 0.6) is 0 Å². The number of nitrogens with zero attached hydrogens (tertiary/aromatic N) is 2. The predicted molar refractivity (Wildman–Crippen MR) is 104 cm³/mol. The lowest BCUT2D eigenvalue weighted by Crippen LogP contribution is -2.10. The highest BCUT2D eigenvalue weighted by atomic mass is 19.2. The molecule has 4 aromatic rings. The van der Waals surface area contributed by atoms with Crippen molar-refractivity contribution in [3.63, 3.8) is 0 Å². The molecule has 0 aliphatic carbocycles. The minimum Gasteiger partial charge on any atom is -0.310 e. The zero-order valence-electron chi connectivity index (χ0n) is 14.7. The number of hydrogen-bond acceptors (Lipinski definition) is 2. The summed E-state index contributed by atoms with van der Waals surface area (Å²) in [6.45, 7) is 0. The van der Waals surface area contributed by atoms with Gasteiger partial charge < -0.3 is 4.90 Å². The summed E-state index contributed by atoms with van der Waals surface area (Å²) in [5.41, 5.74) is 2.63. The number of rotatable bonds is 4. The Hall–Kier alpha value is -3.60. The number of hydrogen-bond donors (Lipinski definition) is 0. The van der Waals surface area contributed by atoms with Crippen molar-refractivity contribution in [3.05, 3.63) is 109 Å². The Morgan fingerprint density at radius 3 is 1.82 bits per heavy atom. The Morgan fingerprint density at radius 1 is 0.607 bits per heavy atom. The van der Waals surface area contributed by atoms with Crippen molar-refractivity contribution in [3.8, 4) is 11.3 Å². The van der Waals surface area contributed by atoms with Crippen LogP contribution in [0.15, 0.2) is 91.1 Å². The number of pyridine rings is 1. The van der Waals surface area contributed by atoms with Gasteiger partial charge in [0.2, 0.25) is 0 Å². The van der Waals surface area contributed by atoms with Gasteiger partial charge in [-0.1, -0.05) is 36.4 Å². The summed E-state index contributed by atoms with van der Waals surface area (Å²) >= 11 is 0. The molecule has 0 atom stereocenters. The van der Waals surface area contributed by atoms with Crippen molar-refractivity contribution in [1.29, 1.82) is 0 Å². The maximum atomic E-state index is 14.3. The van der Waals surface area contributed by atoms with Crippen LogP contribution in [0.1, 0.15) is 0 Å². The Balaban J connectivity index is 1.86. The van der Waals surface area contributed by atoms with E-state index in [1.165, 1.54) is 12.3 Å².